The lowest BCUT2D eigenvalue weighted by atomic mass is 10.0. The normalized spacial score (nSPS) is 12.3. The van der Waals surface area contributed by atoms with Crippen molar-refractivity contribution in [1.82, 2.24) is 9.71 Å². The number of alkyl halides is 2. The monoisotopic (exact) mass is 496 g/mol. The van der Waals surface area contributed by atoms with E-state index in [1.807, 2.05) is 37.3 Å². The van der Waals surface area contributed by atoms with Gasteiger partial charge in [0.05, 0.1) is 6.26 Å². The summed E-state index contributed by atoms with van der Waals surface area (Å²) < 4.78 is 60.7. The Labute approximate surface area is 194 Å². The van der Waals surface area contributed by atoms with Crippen LogP contribution in [0.3, 0.4) is 0 Å². The highest BCUT2D eigenvalue weighted by atomic mass is 35.5. The largest absolute Gasteiger partial charge is 0.469 e. The molecule has 0 aliphatic carbocycles. The molecule has 7 nitrogen and oxygen atoms in total. The molecule has 0 aliphatic rings. The number of nitrogens with zero attached hydrogens (tertiary/aromatic N) is 1. The molecule has 1 atom stereocenters. The Morgan fingerprint density at radius 1 is 1.09 bits per heavy atom. The zero-order chi connectivity index (χ0) is 24.2. The lowest BCUT2D eigenvalue weighted by molar-refractivity contribution is -0.0495. The van der Waals surface area contributed by atoms with Crippen LogP contribution in [0.4, 0.5) is 8.78 Å². The van der Waals surface area contributed by atoms with Gasteiger partial charge in [-0.2, -0.15) is 8.78 Å². The van der Waals surface area contributed by atoms with E-state index >= 15 is 0 Å². The van der Waals surface area contributed by atoms with Crippen LogP contribution in [-0.2, 0) is 10.0 Å². The first-order valence-electron chi connectivity index (χ1n) is 9.52. The summed E-state index contributed by atoms with van der Waals surface area (Å²) in [4.78, 5) is 16.3. The number of ether oxygens (including phenoxy) is 2. The minimum Gasteiger partial charge on any atom is -0.469 e. The highest BCUT2D eigenvalue weighted by Gasteiger charge is 2.19. The van der Waals surface area contributed by atoms with Crippen LogP contribution in [-0.4, -0.2) is 32.2 Å². The molecule has 1 N–H and O–H groups in total. The van der Waals surface area contributed by atoms with Gasteiger partial charge in [0.2, 0.25) is 15.9 Å². The molecule has 0 aliphatic heterocycles. The summed E-state index contributed by atoms with van der Waals surface area (Å²) in [6, 6.07) is 14.5. The number of rotatable bonds is 8. The molecule has 1 heterocycles. The van der Waals surface area contributed by atoms with E-state index in [1.165, 1.54) is 24.4 Å². The SMILES string of the molecule is C[C@@H](Oc1ncc(-c2ccc(C(=O)NS(C)(=O)=O)cc2OC(F)F)cc1Cl)c1ccccc1. The smallest absolute Gasteiger partial charge is 0.387 e. The Morgan fingerprint density at radius 3 is 2.39 bits per heavy atom. The molecule has 1 amide bonds. The molecule has 0 spiro atoms. The Hall–Kier alpha value is -3.24. The summed E-state index contributed by atoms with van der Waals surface area (Å²) in [6.07, 6.45) is 1.82. The van der Waals surface area contributed by atoms with Gasteiger partial charge >= 0.3 is 6.61 Å². The fourth-order valence-corrected chi connectivity index (χ4v) is 3.61. The summed E-state index contributed by atoms with van der Waals surface area (Å²) in [6.45, 7) is -1.36. The van der Waals surface area contributed by atoms with E-state index in [4.69, 9.17) is 16.3 Å². The molecule has 11 heteroatoms. The van der Waals surface area contributed by atoms with Crippen molar-refractivity contribution in [1.29, 1.82) is 0 Å². The van der Waals surface area contributed by atoms with E-state index < -0.39 is 22.5 Å². The Morgan fingerprint density at radius 2 is 1.79 bits per heavy atom. The van der Waals surface area contributed by atoms with Crippen molar-refractivity contribution in [2.75, 3.05) is 6.26 Å². The van der Waals surface area contributed by atoms with Crippen LogP contribution in [0.1, 0.15) is 28.9 Å². The lowest BCUT2D eigenvalue weighted by Crippen LogP contribution is -2.29. The van der Waals surface area contributed by atoms with Crippen LogP contribution in [0.2, 0.25) is 5.02 Å². The third-order valence-electron chi connectivity index (χ3n) is 4.41. The van der Waals surface area contributed by atoms with Gasteiger partial charge in [0.1, 0.15) is 16.9 Å². The second-order valence-electron chi connectivity index (χ2n) is 6.97. The van der Waals surface area contributed by atoms with Crippen molar-refractivity contribution in [3.05, 3.63) is 76.9 Å². The number of aromatic nitrogens is 1. The average molecular weight is 497 g/mol. The minimum absolute atomic E-state index is 0.136. The standard InChI is InChI=1S/C22H19ClF2N2O5S/c1-13(14-6-4-3-5-7-14)31-21-18(23)10-16(12-26-21)17-9-8-15(11-19(17)32-22(24)25)20(28)27-33(2,29)30/h3-13,22H,1-2H3,(H,27,28)/t13-/m1/s1. The molecule has 0 radical (unpaired) electrons. The number of nitrogens with one attached hydrogen (secondary N) is 1. The van der Waals surface area contributed by atoms with Gasteiger partial charge in [-0.25, -0.2) is 18.1 Å². The first-order valence-corrected chi connectivity index (χ1v) is 11.8. The average Bonchev–Trinajstić information content (AvgIpc) is 2.74. The highest BCUT2D eigenvalue weighted by molar-refractivity contribution is 7.89. The van der Waals surface area contributed by atoms with E-state index in [9.17, 15) is 22.0 Å². The molecule has 1 aromatic heterocycles. The Balaban J connectivity index is 1.91. The number of halogens is 3. The van der Waals surface area contributed by atoms with Crippen LogP contribution in [0.5, 0.6) is 11.6 Å². The lowest BCUT2D eigenvalue weighted by Gasteiger charge is -2.16. The molecule has 0 fully saturated rings. The fourth-order valence-electron chi connectivity index (χ4n) is 2.94. The molecule has 3 aromatic rings. The highest BCUT2D eigenvalue weighted by Crippen LogP contribution is 2.36. The first kappa shape index (κ1) is 24.4. The molecule has 0 unspecified atom stereocenters. The van der Waals surface area contributed by atoms with E-state index in [0.29, 0.717) is 5.56 Å². The van der Waals surface area contributed by atoms with Crippen molar-refractivity contribution < 1.29 is 31.5 Å². The van der Waals surface area contributed by atoms with Crippen molar-refractivity contribution >= 4 is 27.5 Å². The Kier molecular flexibility index (Phi) is 7.50. The van der Waals surface area contributed by atoms with Crippen LogP contribution in [0.15, 0.2) is 60.8 Å². The number of pyridine rings is 1. The van der Waals surface area contributed by atoms with Gasteiger partial charge in [0.15, 0.2) is 0 Å². The third kappa shape index (κ3) is 6.62. The maximum absolute atomic E-state index is 13.0. The maximum atomic E-state index is 13.0. The molecular weight excluding hydrogens is 478 g/mol. The number of hydrogen-bond acceptors (Lipinski definition) is 6. The zero-order valence-corrected chi connectivity index (χ0v) is 19.0. The summed E-state index contributed by atoms with van der Waals surface area (Å²) in [5.41, 5.74) is 1.22. The van der Waals surface area contributed by atoms with Crippen molar-refractivity contribution in [2.45, 2.75) is 19.6 Å². The predicted octanol–water partition coefficient (Wildman–Crippen LogP) is 4.83. The van der Waals surface area contributed by atoms with Gasteiger partial charge < -0.3 is 9.47 Å². The second-order valence-corrected chi connectivity index (χ2v) is 9.13. The number of carbonyl (C=O) groups excluding carboxylic acids is 1. The molecule has 33 heavy (non-hydrogen) atoms. The molecule has 3 rings (SSSR count). The van der Waals surface area contributed by atoms with E-state index in [-0.39, 0.29) is 33.9 Å². The molecule has 0 bridgehead atoms. The van der Waals surface area contributed by atoms with Crippen LogP contribution in [0, 0.1) is 0 Å². The summed E-state index contributed by atoms with van der Waals surface area (Å²) in [5, 5.41) is 0.136. The Bertz CT molecular complexity index is 1260. The van der Waals surface area contributed by atoms with Crippen molar-refractivity contribution in [3.8, 4) is 22.8 Å². The number of carbonyl (C=O) groups is 1. The van der Waals surface area contributed by atoms with E-state index in [0.717, 1.165) is 17.9 Å². The van der Waals surface area contributed by atoms with Gasteiger partial charge in [-0.1, -0.05) is 41.9 Å². The number of hydrogen-bond donors (Lipinski definition) is 1. The predicted molar refractivity (Wildman–Crippen MR) is 119 cm³/mol. The van der Waals surface area contributed by atoms with Gasteiger partial charge in [0.25, 0.3) is 5.91 Å². The van der Waals surface area contributed by atoms with Crippen LogP contribution in [0.25, 0.3) is 11.1 Å². The van der Waals surface area contributed by atoms with Crippen LogP contribution < -0.4 is 14.2 Å². The quantitative estimate of drug-likeness (QED) is 0.480. The second kappa shape index (κ2) is 10.1. The number of sulfonamides is 1. The van der Waals surface area contributed by atoms with Crippen molar-refractivity contribution in [2.24, 2.45) is 0 Å². The van der Waals surface area contributed by atoms with Gasteiger partial charge in [-0.05, 0) is 36.8 Å². The maximum Gasteiger partial charge on any atom is 0.387 e. The molecule has 0 saturated heterocycles. The summed E-state index contributed by atoms with van der Waals surface area (Å²) in [5.74, 6) is -1.19. The van der Waals surface area contributed by atoms with Gasteiger partial charge in [-0.15, -0.1) is 0 Å². The number of benzene rings is 2. The fraction of sp³-hybridized carbons (Fsp3) is 0.182. The summed E-state index contributed by atoms with van der Waals surface area (Å²) >= 11 is 6.32. The molecule has 174 valence electrons. The molecule has 2 aromatic carbocycles. The van der Waals surface area contributed by atoms with E-state index in [2.05, 4.69) is 9.72 Å². The zero-order valence-electron chi connectivity index (χ0n) is 17.5. The molecular formula is C22H19ClF2N2O5S. The van der Waals surface area contributed by atoms with E-state index in [1.54, 1.807) is 4.72 Å². The van der Waals surface area contributed by atoms with Gasteiger partial charge in [0, 0.05) is 22.9 Å². The molecule has 0 saturated carbocycles. The first-order chi connectivity index (χ1) is 15.5. The van der Waals surface area contributed by atoms with Crippen molar-refractivity contribution in [3.63, 3.8) is 0 Å². The minimum atomic E-state index is -3.84. The summed E-state index contributed by atoms with van der Waals surface area (Å²) in [7, 11) is -3.84. The van der Waals surface area contributed by atoms with Crippen LogP contribution >= 0.6 is 11.6 Å². The topological polar surface area (TPSA) is 94.6 Å². The van der Waals surface area contributed by atoms with Gasteiger partial charge in [-0.3, -0.25) is 4.79 Å². The number of amides is 1. The third-order valence-corrected chi connectivity index (χ3v) is 5.24.